The molecule has 1 saturated heterocycles. The molecule has 2 rings (SSSR count). The molecule has 0 saturated carbocycles. The second kappa shape index (κ2) is 4.06. The third-order valence-corrected chi connectivity index (χ3v) is 2.67. The van der Waals surface area contributed by atoms with E-state index >= 15 is 0 Å². The third kappa shape index (κ3) is 2.08. The van der Waals surface area contributed by atoms with Gasteiger partial charge in [0.2, 0.25) is 0 Å². The average Bonchev–Trinajstić information content (AvgIpc) is 2.74. The van der Waals surface area contributed by atoms with E-state index in [0.717, 1.165) is 13.2 Å². The van der Waals surface area contributed by atoms with E-state index in [1.807, 2.05) is 0 Å². The predicted molar refractivity (Wildman–Crippen MR) is 49.1 cm³/mol. The van der Waals surface area contributed by atoms with Gasteiger partial charge in [-0.05, 0) is 25.7 Å². The molecule has 0 spiro atoms. The Morgan fingerprint density at radius 1 is 1.33 bits per heavy atom. The highest BCUT2D eigenvalue weighted by molar-refractivity contribution is 4.97. The molecule has 0 aromatic heterocycles. The van der Waals surface area contributed by atoms with Gasteiger partial charge in [0.1, 0.15) is 0 Å². The molecule has 0 bridgehead atoms. The second-order valence-electron chi connectivity index (χ2n) is 3.68. The van der Waals surface area contributed by atoms with Gasteiger partial charge in [-0.2, -0.15) is 0 Å². The summed E-state index contributed by atoms with van der Waals surface area (Å²) < 4.78 is 5.53. The van der Waals surface area contributed by atoms with E-state index in [1.54, 1.807) is 0 Å². The SMILES string of the molecule is C1=CCC(NCC2CCCO2)C1. The average molecular weight is 167 g/mol. The first kappa shape index (κ1) is 8.27. The van der Waals surface area contributed by atoms with E-state index in [9.17, 15) is 0 Å². The molecule has 0 aromatic carbocycles. The van der Waals surface area contributed by atoms with Gasteiger partial charge in [-0.15, -0.1) is 0 Å². The lowest BCUT2D eigenvalue weighted by Gasteiger charge is -2.15. The Bertz CT molecular complexity index is 151. The summed E-state index contributed by atoms with van der Waals surface area (Å²) in [6.07, 6.45) is 9.90. The van der Waals surface area contributed by atoms with Crippen molar-refractivity contribution in [2.24, 2.45) is 0 Å². The molecule has 0 amide bonds. The van der Waals surface area contributed by atoms with Crippen molar-refractivity contribution in [3.63, 3.8) is 0 Å². The number of hydrogen-bond donors (Lipinski definition) is 1. The maximum absolute atomic E-state index is 5.53. The number of hydrogen-bond acceptors (Lipinski definition) is 2. The fraction of sp³-hybridized carbons (Fsp3) is 0.800. The summed E-state index contributed by atoms with van der Waals surface area (Å²) in [5.74, 6) is 0. The summed E-state index contributed by atoms with van der Waals surface area (Å²) >= 11 is 0. The predicted octanol–water partition coefficient (Wildman–Crippen LogP) is 1.47. The van der Waals surface area contributed by atoms with Gasteiger partial charge in [0.05, 0.1) is 6.10 Å². The molecular weight excluding hydrogens is 150 g/mol. The fourth-order valence-electron chi connectivity index (χ4n) is 1.89. The Labute approximate surface area is 74.0 Å². The zero-order valence-corrected chi connectivity index (χ0v) is 7.46. The van der Waals surface area contributed by atoms with Crippen molar-refractivity contribution in [3.05, 3.63) is 12.2 Å². The van der Waals surface area contributed by atoms with Gasteiger partial charge in [-0.3, -0.25) is 0 Å². The smallest absolute Gasteiger partial charge is 0.0700 e. The van der Waals surface area contributed by atoms with Gasteiger partial charge in [-0.25, -0.2) is 0 Å². The summed E-state index contributed by atoms with van der Waals surface area (Å²) in [5, 5.41) is 3.54. The molecule has 2 aliphatic rings. The Morgan fingerprint density at radius 2 is 2.17 bits per heavy atom. The van der Waals surface area contributed by atoms with Crippen LogP contribution in [0.3, 0.4) is 0 Å². The topological polar surface area (TPSA) is 21.3 Å². The number of rotatable bonds is 3. The Hall–Kier alpha value is -0.340. The highest BCUT2D eigenvalue weighted by Gasteiger charge is 2.17. The third-order valence-electron chi connectivity index (χ3n) is 2.67. The maximum Gasteiger partial charge on any atom is 0.0700 e. The first-order chi connectivity index (χ1) is 5.95. The molecule has 2 nitrogen and oxygen atoms in total. The Balaban J connectivity index is 1.61. The number of ether oxygens (including phenoxy) is 1. The Kier molecular flexibility index (Phi) is 2.79. The standard InChI is InChI=1S/C10H17NO/c1-2-5-9(4-1)11-8-10-6-3-7-12-10/h1-2,9-11H,3-8H2. The summed E-state index contributed by atoms with van der Waals surface area (Å²) in [6, 6.07) is 0.689. The van der Waals surface area contributed by atoms with Gasteiger partial charge >= 0.3 is 0 Å². The van der Waals surface area contributed by atoms with Crippen LogP contribution in [0.2, 0.25) is 0 Å². The van der Waals surface area contributed by atoms with Crippen molar-refractivity contribution in [2.75, 3.05) is 13.2 Å². The molecule has 12 heavy (non-hydrogen) atoms. The van der Waals surface area contributed by atoms with E-state index in [4.69, 9.17) is 4.74 Å². The minimum atomic E-state index is 0.491. The molecule has 68 valence electrons. The molecule has 1 atom stereocenters. The molecule has 1 heterocycles. The summed E-state index contributed by atoms with van der Waals surface area (Å²) in [6.45, 7) is 2.02. The molecule has 1 aliphatic heterocycles. The maximum atomic E-state index is 5.53. The van der Waals surface area contributed by atoms with Crippen LogP contribution in [-0.2, 0) is 4.74 Å². The van der Waals surface area contributed by atoms with Gasteiger partial charge in [0, 0.05) is 19.2 Å². The van der Waals surface area contributed by atoms with Gasteiger partial charge in [0.25, 0.3) is 0 Å². The zero-order valence-electron chi connectivity index (χ0n) is 7.46. The van der Waals surface area contributed by atoms with Crippen LogP contribution in [0.1, 0.15) is 25.7 Å². The largest absolute Gasteiger partial charge is 0.377 e. The highest BCUT2D eigenvalue weighted by atomic mass is 16.5. The van der Waals surface area contributed by atoms with E-state index in [1.165, 1.54) is 25.7 Å². The number of nitrogens with one attached hydrogen (secondary N) is 1. The lowest BCUT2D eigenvalue weighted by Crippen LogP contribution is -2.33. The van der Waals surface area contributed by atoms with Crippen molar-refractivity contribution in [1.82, 2.24) is 5.32 Å². The minimum Gasteiger partial charge on any atom is -0.377 e. The summed E-state index contributed by atoms with van der Waals surface area (Å²) in [5.41, 5.74) is 0. The lowest BCUT2D eigenvalue weighted by atomic mass is 10.2. The van der Waals surface area contributed by atoms with Crippen LogP contribution >= 0.6 is 0 Å². The van der Waals surface area contributed by atoms with Crippen molar-refractivity contribution in [3.8, 4) is 0 Å². The van der Waals surface area contributed by atoms with Gasteiger partial charge in [0.15, 0.2) is 0 Å². The molecule has 0 radical (unpaired) electrons. The quantitative estimate of drug-likeness (QED) is 0.643. The van der Waals surface area contributed by atoms with E-state index in [0.29, 0.717) is 12.1 Å². The van der Waals surface area contributed by atoms with Crippen LogP contribution in [0.15, 0.2) is 12.2 Å². The monoisotopic (exact) mass is 167 g/mol. The minimum absolute atomic E-state index is 0.491. The first-order valence-electron chi connectivity index (χ1n) is 4.95. The van der Waals surface area contributed by atoms with Crippen LogP contribution in [0.4, 0.5) is 0 Å². The Morgan fingerprint density at radius 3 is 2.83 bits per heavy atom. The van der Waals surface area contributed by atoms with Crippen LogP contribution in [-0.4, -0.2) is 25.3 Å². The van der Waals surface area contributed by atoms with Gasteiger partial charge < -0.3 is 10.1 Å². The van der Waals surface area contributed by atoms with E-state index in [2.05, 4.69) is 17.5 Å². The fourth-order valence-corrected chi connectivity index (χ4v) is 1.89. The molecule has 2 heteroatoms. The second-order valence-corrected chi connectivity index (χ2v) is 3.68. The normalized spacial score (nSPS) is 30.2. The molecule has 0 aromatic rings. The summed E-state index contributed by atoms with van der Waals surface area (Å²) in [4.78, 5) is 0. The zero-order chi connectivity index (χ0) is 8.23. The van der Waals surface area contributed by atoms with Crippen LogP contribution in [0, 0.1) is 0 Å². The van der Waals surface area contributed by atoms with Crippen molar-refractivity contribution < 1.29 is 4.74 Å². The van der Waals surface area contributed by atoms with Crippen molar-refractivity contribution in [1.29, 1.82) is 0 Å². The molecular formula is C10H17NO. The van der Waals surface area contributed by atoms with Crippen molar-refractivity contribution >= 4 is 0 Å². The van der Waals surface area contributed by atoms with Crippen LogP contribution < -0.4 is 5.32 Å². The van der Waals surface area contributed by atoms with Crippen LogP contribution in [0.5, 0.6) is 0 Å². The van der Waals surface area contributed by atoms with Crippen molar-refractivity contribution in [2.45, 2.75) is 37.8 Å². The van der Waals surface area contributed by atoms with E-state index in [-0.39, 0.29) is 0 Å². The first-order valence-corrected chi connectivity index (χ1v) is 4.95. The highest BCUT2D eigenvalue weighted by Crippen LogP contribution is 2.13. The lowest BCUT2D eigenvalue weighted by molar-refractivity contribution is 0.108. The van der Waals surface area contributed by atoms with Gasteiger partial charge in [-0.1, -0.05) is 12.2 Å². The van der Waals surface area contributed by atoms with Crippen LogP contribution in [0.25, 0.3) is 0 Å². The summed E-state index contributed by atoms with van der Waals surface area (Å²) in [7, 11) is 0. The molecule has 1 unspecified atom stereocenters. The molecule has 1 fully saturated rings. The molecule has 1 aliphatic carbocycles. The molecule has 1 N–H and O–H groups in total. The van der Waals surface area contributed by atoms with E-state index < -0.39 is 0 Å².